The number of aromatic amines is 1. The molecule has 176 valence electrons. The molecule has 1 aliphatic rings. The zero-order valence-corrected chi connectivity index (χ0v) is 19.9. The van der Waals surface area contributed by atoms with Crippen molar-refractivity contribution in [2.24, 2.45) is 4.99 Å². The minimum absolute atomic E-state index is 0.0224. The van der Waals surface area contributed by atoms with E-state index in [1.807, 2.05) is 36.1 Å². The average molecular weight is 479 g/mol. The number of carbonyl (C=O) groups excluding carboxylic acids is 1. The van der Waals surface area contributed by atoms with Crippen LogP contribution in [0, 0.1) is 0 Å². The zero-order chi connectivity index (χ0) is 24.3. The highest BCUT2D eigenvalue weighted by molar-refractivity contribution is 7.90. The third-order valence-electron chi connectivity index (χ3n) is 5.48. The van der Waals surface area contributed by atoms with Crippen molar-refractivity contribution in [2.75, 3.05) is 12.8 Å². The minimum Gasteiger partial charge on any atom is -0.455 e. The van der Waals surface area contributed by atoms with Crippen molar-refractivity contribution in [3.63, 3.8) is 0 Å². The van der Waals surface area contributed by atoms with E-state index in [4.69, 9.17) is 4.74 Å². The molecule has 3 heterocycles. The molecule has 3 aromatic rings. The molecule has 8 nitrogen and oxygen atoms in total. The molecule has 0 saturated carbocycles. The highest BCUT2D eigenvalue weighted by Crippen LogP contribution is 2.32. The molecule has 1 fully saturated rings. The Labute approximate surface area is 198 Å². The third kappa shape index (κ3) is 5.09. The standard InChI is InChI=1S/C25H26N4O4S/c1-4-10-26-20(5-2)22-12-17-14-23(33-19-8-9-24(27-15-19)34(3,31)32)18(13-21(17)28-22)16-29-11-6-7-25(29)30/h4-5,8-10,12-15,28H,2,6-7,11,16H2,1,3H3/b10-4-,26-20?. The number of carbonyl (C=O) groups is 1. The normalized spacial score (nSPS) is 14.9. The van der Waals surface area contributed by atoms with Gasteiger partial charge in [-0.05, 0) is 49.8 Å². The fourth-order valence-electron chi connectivity index (χ4n) is 3.80. The zero-order valence-electron chi connectivity index (χ0n) is 19.1. The topological polar surface area (TPSA) is 105 Å². The number of aromatic nitrogens is 2. The molecule has 34 heavy (non-hydrogen) atoms. The second kappa shape index (κ2) is 9.64. The summed E-state index contributed by atoms with van der Waals surface area (Å²) >= 11 is 0. The maximum Gasteiger partial charge on any atom is 0.222 e. The molecule has 1 aliphatic heterocycles. The molecular formula is C25H26N4O4S. The van der Waals surface area contributed by atoms with Crippen LogP contribution in [0.2, 0.25) is 0 Å². The number of rotatable bonds is 8. The number of hydrogen-bond donors (Lipinski definition) is 1. The van der Waals surface area contributed by atoms with Gasteiger partial charge < -0.3 is 14.6 Å². The number of nitrogens with zero attached hydrogens (tertiary/aromatic N) is 3. The van der Waals surface area contributed by atoms with Crippen LogP contribution in [0.25, 0.3) is 10.9 Å². The van der Waals surface area contributed by atoms with Crippen LogP contribution in [0.1, 0.15) is 31.0 Å². The molecule has 0 atom stereocenters. The lowest BCUT2D eigenvalue weighted by Gasteiger charge is -2.18. The van der Waals surface area contributed by atoms with Gasteiger partial charge in [-0.1, -0.05) is 12.7 Å². The summed E-state index contributed by atoms with van der Waals surface area (Å²) in [5, 5.41) is 0.878. The first kappa shape index (κ1) is 23.4. The van der Waals surface area contributed by atoms with Gasteiger partial charge in [0.25, 0.3) is 0 Å². The highest BCUT2D eigenvalue weighted by atomic mass is 32.2. The lowest BCUT2D eigenvalue weighted by atomic mass is 10.1. The second-order valence-corrected chi connectivity index (χ2v) is 10.0. The van der Waals surface area contributed by atoms with Gasteiger partial charge in [-0.2, -0.15) is 0 Å². The lowest BCUT2D eigenvalue weighted by molar-refractivity contribution is -0.128. The van der Waals surface area contributed by atoms with Gasteiger partial charge in [0.2, 0.25) is 5.91 Å². The summed E-state index contributed by atoms with van der Waals surface area (Å²) in [5.74, 6) is 1.08. The van der Waals surface area contributed by atoms with Gasteiger partial charge in [0.1, 0.15) is 11.5 Å². The molecule has 0 unspecified atom stereocenters. The Morgan fingerprint density at radius 2 is 2.15 bits per heavy atom. The van der Waals surface area contributed by atoms with E-state index < -0.39 is 9.84 Å². The van der Waals surface area contributed by atoms with Gasteiger partial charge in [-0.15, -0.1) is 0 Å². The van der Waals surface area contributed by atoms with E-state index in [1.165, 1.54) is 12.3 Å². The van der Waals surface area contributed by atoms with E-state index in [0.29, 0.717) is 36.7 Å². The maximum atomic E-state index is 12.3. The van der Waals surface area contributed by atoms with Crippen LogP contribution in [-0.4, -0.2) is 47.7 Å². The fourth-order valence-corrected chi connectivity index (χ4v) is 4.36. The number of hydrogen-bond acceptors (Lipinski definition) is 6. The van der Waals surface area contributed by atoms with Crippen LogP contribution in [0.4, 0.5) is 0 Å². The van der Waals surface area contributed by atoms with Crippen LogP contribution in [-0.2, 0) is 21.2 Å². The molecule has 1 saturated heterocycles. The van der Waals surface area contributed by atoms with E-state index in [0.717, 1.165) is 34.8 Å². The van der Waals surface area contributed by atoms with E-state index in [9.17, 15) is 13.2 Å². The Morgan fingerprint density at radius 3 is 2.76 bits per heavy atom. The molecule has 0 bridgehead atoms. The van der Waals surface area contributed by atoms with Crippen molar-refractivity contribution in [1.82, 2.24) is 14.9 Å². The first-order valence-corrected chi connectivity index (χ1v) is 12.8. The predicted octanol–water partition coefficient (Wildman–Crippen LogP) is 4.39. The Morgan fingerprint density at radius 1 is 1.32 bits per heavy atom. The van der Waals surface area contributed by atoms with E-state index in [1.54, 1.807) is 18.3 Å². The van der Waals surface area contributed by atoms with Gasteiger partial charge in [0, 0.05) is 48.4 Å². The molecular weight excluding hydrogens is 452 g/mol. The fraction of sp³-hybridized carbons (Fsp3) is 0.240. The monoisotopic (exact) mass is 478 g/mol. The first-order valence-electron chi connectivity index (χ1n) is 10.9. The Kier molecular flexibility index (Phi) is 6.65. The second-order valence-electron chi connectivity index (χ2n) is 8.06. The molecule has 9 heteroatoms. The van der Waals surface area contributed by atoms with Crippen molar-refractivity contribution < 1.29 is 17.9 Å². The SMILES string of the molecule is C=CC(=N/C=C\C)c1cc2cc(Oc3ccc(S(C)(=O)=O)nc3)c(CN3CCCC3=O)cc2[nH]1. The number of ether oxygens (including phenoxy) is 1. The largest absolute Gasteiger partial charge is 0.455 e. The number of pyridine rings is 1. The molecule has 1 N–H and O–H groups in total. The van der Waals surface area contributed by atoms with Crippen molar-refractivity contribution in [3.8, 4) is 11.5 Å². The van der Waals surface area contributed by atoms with Gasteiger partial charge >= 0.3 is 0 Å². The third-order valence-corrected chi connectivity index (χ3v) is 6.48. The smallest absolute Gasteiger partial charge is 0.222 e. The molecule has 4 rings (SSSR count). The summed E-state index contributed by atoms with van der Waals surface area (Å²) in [4.78, 5) is 25.8. The van der Waals surface area contributed by atoms with E-state index in [-0.39, 0.29) is 10.9 Å². The van der Waals surface area contributed by atoms with Crippen LogP contribution in [0.15, 0.2) is 71.5 Å². The van der Waals surface area contributed by atoms with E-state index in [2.05, 4.69) is 21.5 Å². The summed E-state index contributed by atoms with van der Waals surface area (Å²) < 4.78 is 29.5. The summed E-state index contributed by atoms with van der Waals surface area (Å²) in [6, 6.07) is 8.80. The number of nitrogens with one attached hydrogen (secondary N) is 1. The van der Waals surface area contributed by atoms with Crippen molar-refractivity contribution >= 4 is 32.4 Å². The lowest BCUT2D eigenvalue weighted by Crippen LogP contribution is -2.24. The summed E-state index contributed by atoms with van der Waals surface area (Å²) in [6.45, 7) is 6.85. The number of aliphatic imine (C=N–C) groups is 1. The number of H-pyrrole nitrogens is 1. The number of sulfone groups is 1. The van der Waals surface area contributed by atoms with Gasteiger partial charge in [-0.25, -0.2) is 13.4 Å². The van der Waals surface area contributed by atoms with Crippen molar-refractivity contribution in [2.45, 2.75) is 31.3 Å². The molecule has 0 spiro atoms. The molecule has 1 aromatic carbocycles. The number of amides is 1. The van der Waals surface area contributed by atoms with Crippen molar-refractivity contribution in [3.05, 3.63) is 72.7 Å². The quantitative estimate of drug-likeness (QED) is 0.484. The number of fused-ring (bicyclic) bond motifs is 1. The molecule has 0 aliphatic carbocycles. The predicted molar refractivity (Wildman–Crippen MR) is 132 cm³/mol. The summed E-state index contributed by atoms with van der Waals surface area (Å²) in [5.41, 5.74) is 3.22. The van der Waals surface area contributed by atoms with Crippen LogP contribution in [0.5, 0.6) is 11.5 Å². The van der Waals surface area contributed by atoms with Crippen LogP contribution < -0.4 is 4.74 Å². The first-order chi connectivity index (χ1) is 16.3. The van der Waals surface area contributed by atoms with Crippen LogP contribution in [0.3, 0.4) is 0 Å². The number of benzene rings is 1. The summed E-state index contributed by atoms with van der Waals surface area (Å²) in [6.07, 6.45) is 9.10. The Balaban J connectivity index is 1.74. The minimum atomic E-state index is -3.41. The number of allylic oxidation sites excluding steroid dienone is 2. The van der Waals surface area contributed by atoms with Gasteiger partial charge in [0.05, 0.1) is 17.6 Å². The molecule has 1 amide bonds. The molecule has 2 aromatic heterocycles. The van der Waals surface area contributed by atoms with Crippen LogP contribution >= 0.6 is 0 Å². The van der Waals surface area contributed by atoms with Crippen molar-refractivity contribution in [1.29, 1.82) is 0 Å². The molecule has 0 radical (unpaired) electrons. The highest BCUT2D eigenvalue weighted by Gasteiger charge is 2.22. The van der Waals surface area contributed by atoms with Gasteiger partial charge in [0.15, 0.2) is 14.9 Å². The Hall–Kier alpha value is -3.72. The summed E-state index contributed by atoms with van der Waals surface area (Å²) in [7, 11) is -3.41. The number of likely N-dealkylation sites (tertiary alicyclic amines) is 1. The maximum absolute atomic E-state index is 12.3. The average Bonchev–Trinajstić information content (AvgIpc) is 3.40. The van der Waals surface area contributed by atoms with E-state index >= 15 is 0 Å². The van der Waals surface area contributed by atoms with Gasteiger partial charge in [-0.3, -0.25) is 9.79 Å². The Bertz CT molecular complexity index is 1400.